The van der Waals surface area contributed by atoms with E-state index in [1.165, 1.54) is 6.07 Å². The third-order valence-electron chi connectivity index (χ3n) is 1.77. The van der Waals surface area contributed by atoms with Gasteiger partial charge in [0.05, 0.1) is 23.3 Å². The van der Waals surface area contributed by atoms with Gasteiger partial charge in [-0.25, -0.2) is 9.97 Å². The van der Waals surface area contributed by atoms with Gasteiger partial charge in [0.15, 0.2) is 12.4 Å². The monoisotopic (exact) mass is 364 g/mol. The number of pyridine rings is 2. The number of rotatable bonds is 2. The van der Waals surface area contributed by atoms with E-state index in [1.54, 1.807) is 0 Å². The maximum absolute atomic E-state index is 10.2. The smallest absolute Gasteiger partial charge is 0.166 e. The zero-order valence-electron chi connectivity index (χ0n) is 11.5. The average molecular weight is 364 g/mol. The topological polar surface area (TPSA) is 227 Å². The van der Waals surface area contributed by atoms with E-state index in [-0.39, 0.29) is 40.5 Å². The molecule has 129 valence electrons. The molecule has 0 saturated heterocycles. The molecular formula is C12H13N2O8V-5. The second-order valence-electron chi connectivity index (χ2n) is 3.06. The number of aromatic nitrogens is 2. The molecule has 0 unspecified atom stereocenters. The van der Waals surface area contributed by atoms with Gasteiger partial charge < -0.3 is 41.7 Å². The Morgan fingerprint density at radius 2 is 1.22 bits per heavy atom. The van der Waals surface area contributed by atoms with Crippen LogP contribution < -0.4 is 15.2 Å². The van der Waals surface area contributed by atoms with Gasteiger partial charge in [0.1, 0.15) is 0 Å². The van der Waals surface area contributed by atoms with Crippen LogP contribution in [0.3, 0.4) is 0 Å². The van der Waals surface area contributed by atoms with Crippen LogP contribution in [0, 0.1) is 0 Å². The summed E-state index contributed by atoms with van der Waals surface area (Å²) in [5.41, 5.74) is -0.839. The van der Waals surface area contributed by atoms with Gasteiger partial charge in [-0.05, 0) is 12.1 Å². The zero-order chi connectivity index (χ0) is 13.4. The van der Waals surface area contributed by atoms with Crippen LogP contribution in [-0.2, 0) is 29.5 Å². The molecule has 0 amide bonds. The Labute approximate surface area is 143 Å². The molecule has 23 heavy (non-hydrogen) atoms. The van der Waals surface area contributed by atoms with Crippen molar-refractivity contribution in [1.82, 2.24) is 4.98 Å². The molecule has 0 saturated carbocycles. The Kier molecular flexibility index (Phi) is 25.1. The summed E-state index contributed by atoms with van der Waals surface area (Å²) in [5.74, 6) is -3.03. The standard InChI is InChI=1S/C7H5NO4.C5H5N.2H2O.2O.V/c9-6(10)4-2-1-3-5(8-4)7(11)12;1-2-4-6-5-3-1;;;;;/h1-3H,(H,9,10)(H,11,12);1-5H;2*1H2;;;/q;;;;2*-2;/p-1. The van der Waals surface area contributed by atoms with Crippen molar-refractivity contribution >= 4 is 11.9 Å². The van der Waals surface area contributed by atoms with Crippen LogP contribution >= 0.6 is 0 Å². The predicted molar refractivity (Wildman–Crippen MR) is 64.5 cm³/mol. The van der Waals surface area contributed by atoms with Crippen molar-refractivity contribution < 1.29 is 65.2 Å². The number of aromatic carboxylic acids is 2. The Morgan fingerprint density at radius 1 is 0.826 bits per heavy atom. The van der Waals surface area contributed by atoms with Crippen molar-refractivity contribution in [2.24, 2.45) is 0 Å². The first-order valence-corrected chi connectivity index (χ1v) is 4.92. The number of carboxylic acid groups (broad SMARTS) is 2. The van der Waals surface area contributed by atoms with Crippen LogP contribution in [0.25, 0.3) is 0 Å². The number of carboxylic acids is 2. The van der Waals surface area contributed by atoms with E-state index < -0.39 is 23.3 Å². The van der Waals surface area contributed by atoms with Gasteiger partial charge >= 0.3 is 0 Å². The number of aromatic amines is 1. The van der Waals surface area contributed by atoms with Crippen molar-refractivity contribution in [2.75, 3.05) is 0 Å². The molecule has 0 fully saturated rings. The van der Waals surface area contributed by atoms with E-state index in [9.17, 15) is 19.8 Å². The van der Waals surface area contributed by atoms with E-state index in [4.69, 9.17) is 0 Å². The van der Waals surface area contributed by atoms with Crippen molar-refractivity contribution in [3.05, 3.63) is 60.2 Å². The molecule has 2 aromatic rings. The fourth-order valence-corrected chi connectivity index (χ4v) is 1.00. The molecule has 0 aliphatic rings. The minimum atomic E-state index is -1.52. The summed E-state index contributed by atoms with van der Waals surface area (Å²) >= 11 is 0. The van der Waals surface area contributed by atoms with E-state index in [2.05, 4.69) is 9.97 Å². The fraction of sp³-hybridized carbons (Fsp3) is 0. The molecule has 2 rings (SSSR count). The first kappa shape index (κ1) is 32.6. The molecule has 0 aliphatic carbocycles. The number of carbonyl (C=O) groups excluding carboxylic acids is 2. The third-order valence-corrected chi connectivity index (χ3v) is 1.77. The molecule has 11 heteroatoms. The largest absolute Gasteiger partial charge is 2.00 e. The van der Waals surface area contributed by atoms with Gasteiger partial charge in [-0.2, -0.15) is 0 Å². The number of carbonyl (C=O) groups is 2. The molecule has 0 atom stereocenters. The normalized spacial score (nSPS) is 6.96. The summed E-state index contributed by atoms with van der Waals surface area (Å²) in [5, 5.41) is 20.4. The summed E-state index contributed by atoms with van der Waals surface area (Å²) < 4.78 is 0. The van der Waals surface area contributed by atoms with Gasteiger partial charge in [-0.3, -0.25) is 0 Å². The minimum Gasteiger partial charge on any atom is -2.00 e. The zero-order valence-corrected chi connectivity index (χ0v) is 12.9. The fourth-order valence-electron chi connectivity index (χ4n) is 1.00. The molecule has 0 spiro atoms. The maximum Gasteiger partial charge on any atom is 0.166 e. The first-order chi connectivity index (χ1) is 8.61. The van der Waals surface area contributed by atoms with Crippen molar-refractivity contribution in [1.29, 1.82) is 0 Å². The van der Waals surface area contributed by atoms with E-state index in [1.807, 2.05) is 30.6 Å². The molecule has 10 nitrogen and oxygen atoms in total. The quantitative estimate of drug-likeness (QED) is 0.524. The van der Waals surface area contributed by atoms with Crippen molar-refractivity contribution in [3.8, 4) is 0 Å². The number of H-pyrrole nitrogens is 1. The minimum absolute atomic E-state index is 0. The summed E-state index contributed by atoms with van der Waals surface area (Å²) in [6, 6.07) is 9.39. The molecular weight excluding hydrogens is 351 g/mol. The van der Waals surface area contributed by atoms with Crippen molar-refractivity contribution in [3.63, 3.8) is 0 Å². The van der Waals surface area contributed by atoms with E-state index in [0.717, 1.165) is 12.1 Å². The third kappa shape index (κ3) is 13.1. The summed E-state index contributed by atoms with van der Waals surface area (Å²) in [6.45, 7) is 0. The van der Waals surface area contributed by atoms with Gasteiger partial charge in [0, 0.05) is 30.7 Å². The number of nitrogens with one attached hydrogen (secondary N) is 1. The second kappa shape index (κ2) is 17.7. The number of hydrogen-bond donors (Lipinski definition) is 0. The van der Waals surface area contributed by atoms with Crippen LogP contribution in [0.1, 0.15) is 21.0 Å². The molecule has 0 aliphatic heterocycles. The molecule has 2 heterocycles. The van der Waals surface area contributed by atoms with Crippen molar-refractivity contribution in [2.45, 2.75) is 0 Å². The Morgan fingerprint density at radius 3 is 1.43 bits per heavy atom. The SMILES string of the molecule is O.O.O=C([O-])c1cccc(C(=O)[O-])n1.[O-2].[O-2].[V].c1cc[nH+]cc1. The van der Waals surface area contributed by atoms with Crippen LogP contribution in [0.15, 0.2) is 48.8 Å². The van der Waals surface area contributed by atoms with Crippen LogP contribution in [-0.4, -0.2) is 27.9 Å². The predicted octanol–water partition coefficient (Wildman–Crippen LogP) is -3.58. The van der Waals surface area contributed by atoms with Gasteiger partial charge in [-0.15, -0.1) is 0 Å². The van der Waals surface area contributed by atoms with E-state index >= 15 is 0 Å². The number of hydrogen-bond acceptors (Lipinski definition) is 5. The van der Waals surface area contributed by atoms with Crippen LogP contribution in [0.2, 0.25) is 0 Å². The van der Waals surface area contributed by atoms with E-state index in [0.29, 0.717) is 0 Å². The first-order valence-electron chi connectivity index (χ1n) is 4.92. The van der Waals surface area contributed by atoms with Gasteiger partial charge in [-0.1, -0.05) is 12.1 Å². The second-order valence-corrected chi connectivity index (χ2v) is 3.06. The maximum atomic E-state index is 10.2. The summed E-state index contributed by atoms with van der Waals surface area (Å²) in [6.07, 6.45) is 3.75. The van der Waals surface area contributed by atoms with Gasteiger partial charge in [0.2, 0.25) is 0 Å². The van der Waals surface area contributed by atoms with Gasteiger partial charge in [0.25, 0.3) is 0 Å². The molecule has 0 aromatic carbocycles. The van der Waals surface area contributed by atoms with Crippen LogP contribution in [0.4, 0.5) is 0 Å². The number of nitrogens with zero attached hydrogens (tertiary/aromatic N) is 1. The summed E-state index contributed by atoms with van der Waals surface area (Å²) in [4.78, 5) is 26.5. The molecule has 1 radical (unpaired) electrons. The Balaban J connectivity index is -0.0000000866. The Bertz CT molecular complexity index is 486. The Hall–Kier alpha value is -2.34. The van der Waals surface area contributed by atoms with Crippen LogP contribution in [0.5, 0.6) is 0 Å². The molecule has 0 bridgehead atoms. The average Bonchev–Trinajstić information content (AvgIpc) is 2.41. The molecule has 5 N–H and O–H groups in total. The molecule has 2 aromatic heterocycles. The summed E-state index contributed by atoms with van der Waals surface area (Å²) in [7, 11) is 0.